The Hall–Kier alpha value is -2.34. The van der Waals surface area contributed by atoms with Gasteiger partial charge in [-0.15, -0.1) is 0 Å². The third-order valence-corrected chi connectivity index (χ3v) is 3.00. The summed E-state index contributed by atoms with van der Waals surface area (Å²) in [6, 6.07) is 9.55. The van der Waals surface area contributed by atoms with Gasteiger partial charge in [-0.2, -0.15) is 5.10 Å². The molecule has 1 amide bonds. The molecule has 6 nitrogen and oxygen atoms in total. The van der Waals surface area contributed by atoms with Gasteiger partial charge >= 0.3 is 0 Å². The van der Waals surface area contributed by atoms with Crippen molar-refractivity contribution < 1.29 is 9.53 Å². The molecule has 0 aliphatic carbocycles. The summed E-state index contributed by atoms with van der Waals surface area (Å²) in [5.74, 6) is 0.776. The Morgan fingerprint density at radius 1 is 1.27 bits per heavy atom. The molecule has 0 fully saturated rings. The number of nitrogens with one attached hydrogen (secondary N) is 2. The molecule has 0 spiro atoms. The van der Waals surface area contributed by atoms with E-state index in [4.69, 9.17) is 4.74 Å². The second-order valence-corrected chi connectivity index (χ2v) is 4.97. The fraction of sp³-hybridized carbons (Fsp3) is 0.375. The number of aryl methyl sites for hydroxylation is 1. The Kier molecular flexibility index (Phi) is 6.44. The second kappa shape index (κ2) is 8.84. The van der Waals surface area contributed by atoms with E-state index in [1.165, 1.54) is 0 Å². The summed E-state index contributed by atoms with van der Waals surface area (Å²) in [5, 5.41) is 10.1. The summed E-state index contributed by atoms with van der Waals surface area (Å²) in [6.45, 7) is 4.71. The van der Waals surface area contributed by atoms with Crippen molar-refractivity contribution in [2.75, 3.05) is 26.2 Å². The lowest BCUT2D eigenvalue weighted by molar-refractivity contribution is -0.120. The Morgan fingerprint density at radius 2 is 2.09 bits per heavy atom. The SMILES string of the molecule is Cc1cnn(CCNCC(=O)NCCOc2ccccc2)c1. The average Bonchev–Trinajstić information content (AvgIpc) is 2.95. The van der Waals surface area contributed by atoms with E-state index in [1.54, 1.807) is 0 Å². The third kappa shape index (κ3) is 5.97. The smallest absolute Gasteiger partial charge is 0.234 e. The standard InChI is InChI=1S/C16H22N4O2/c1-14-11-19-20(13-14)9-7-17-12-16(21)18-8-10-22-15-5-3-2-4-6-15/h2-6,11,13,17H,7-10,12H2,1H3,(H,18,21). The highest BCUT2D eigenvalue weighted by atomic mass is 16.5. The first-order valence-electron chi connectivity index (χ1n) is 7.38. The highest BCUT2D eigenvalue weighted by Crippen LogP contribution is 2.07. The predicted octanol–water partition coefficient (Wildman–Crippen LogP) is 0.976. The Bertz CT molecular complexity index is 569. The number of carbonyl (C=O) groups is 1. The lowest BCUT2D eigenvalue weighted by Crippen LogP contribution is -2.37. The fourth-order valence-electron chi connectivity index (χ4n) is 1.92. The van der Waals surface area contributed by atoms with Gasteiger partial charge in [-0.1, -0.05) is 18.2 Å². The first-order chi connectivity index (χ1) is 10.7. The maximum absolute atomic E-state index is 11.6. The number of ether oxygens (including phenoxy) is 1. The van der Waals surface area contributed by atoms with Crippen molar-refractivity contribution in [3.63, 3.8) is 0 Å². The van der Waals surface area contributed by atoms with Gasteiger partial charge in [0.1, 0.15) is 12.4 Å². The zero-order valence-corrected chi connectivity index (χ0v) is 12.8. The molecule has 6 heteroatoms. The number of aromatic nitrogens is 2. The zero-order chi connectivity index (χ0) is 15.6. The van der Waals surface area contributed by atoms with E-state index in [9.17, 15) is 4.79 Å². The van der Waals surface area contributed by atoms with Gasteiger partial charge in [0, 0.05) is 12.7 Å². The molecule has 0 saturated carbocycles. The number of nitrogens with zero attached hydrogens (tertiary/aromatic N) is 2. The van der Waals surface area contributed by atoms with Crippen LogP contribution in [-0.4, -0.2) is 41.9 Å². The fourth-order valence-corrected chi connectivity index (χ4v) is 1.92. The van der Waals surface area contributed by atoms with E-state index in [1.807, 2.05) is 54.3 Å². The number of hydrogen-bond donors (Lipinski definition) is 2. The Morgan fingerprint density at radius 3 is 2.82 bits per heavy atom. The maximum atomic E-state index is 11.6. The summed E-state index contributed by atoms with van der Waals surface area (Å²) < 4.78 is 7.35. The lowest BCUT2D eigenvalue weighted by atomic mass is 10.3. The van der Waals surface area contributed by atoms with Crippen LogP contribution in [0.25, 0.3) is 0 Å². The minimum atomic E-state index is -0.0340. The zero-order valence-electron chi connectivity index (χ0n) is 12.8. The molecular formula is C16H22N4O2. The monoisotopic (exact) mass is 302 g/mol. The van der Waals surface area contributed by atoms with Crippen LogP contribution in [0.1, 0.15) is 5.56 Å². The van der Waals surface area contributed by atoms with Crippen LogP contribution in [0.5, 0.6) is 5.75 Å². The van der Waals surface area contributed by atoms with E-state index in [0.29, 0.717) is 26.2 Å². The van der Waals surface area contributed by atoms with E-state index >= 15 is 0 Å². The van der Waals surface area contributed by atoms with Crippen LogP contribution in [0.2, 0.25) is 0 Å². The van der Waals surface area contributed by atoms with Crippen molar-refractivity contribution in [2.45, 2.75) is 13.5 Å². The Balaban J connectivity index is 1.49. The molecule has 22 heavy (non-hydrogen) atoms. The van der Waals surface area contributed by atoms with Crippen molar-refractivity contribution in [3.05, 3.63) is 48.3 Å². The molecule has 1 aromatic carbocycles. The number of rotatable bonds is 9. The lowest BCUT2D eigenvalue weighted by Gasteiger charge is -2.08. The first-order valence-corrected chi connectivity index (χ1v) is 7.38. The number of amides is 1. The predicted molar refractivity (Wildman–Crippen MR) is 84.8 cm³/mol. The van der Waals surface area contributed by atoms with Crippen molar-refractivity contribution in [1.29, 1.82) is 0 Å². The van der Waals surface area contributed by atoms with Crippen molar-refractivity contribution in [2.24, 2.45) is 0 Å². The van der Waals surface area contributed by atoms with Crippen LogP contribution in [0, 0.1) is 6.92 Å². The van der Waals surface area contributed by atoms with Crippen molar-refractivity contribution >= 4 is 5.91 Å². The summed E-state index contributed by atoms with van der Waals surface area (Å²) >= 11 is 0. The van der Waals surface area contributed by atoms with E-state index in [0.717, 1.165) is 17.9 Å². The molecule has 0 aliphatic heterocycles. The first kappa shape index (κ1) is 16.0. The van der Waals surface area contributed by atoms with Crippen molar-refractivity contribution in [3.8, 4) is 5.75 Å². The molecule has 0 aliphatic rings. The molecule has 0 atom stereocenters. The van der Waals surface area contributed by atoms with Gasteiger partial charge in [0.15, 0.2) is 0 Å². The Labute approximate surface area is 130 Å². The van der Waals surface area contributed by atoms with Gasteiger partial charge in [-0.05, 0) is 24.6 Å². The van der Waals surface area contributed by atoms with Gasteiger partial charge in [-0.25, -0.2) is 0 Å². The highest BCUT2D eigenvalue weighted by molar-refractivity contribution is 5.77. The normalized spacial score (nSPS) is 10.4. The maximum Gasteiger partial charge on any atom is 0.234 e. The van der Waals surface area contributed by atoms with Crippen LogP contribution >= 0.6 is 0 Å². The molecule has 1 aromatic heterocycles. The minimum Gasteiger partial charge on any atom is -0.492 e. The van der Waals surface area contributed by atoms with Gasteiger partial charge in [0.2, 0.25) is 5.91 Å². The van der Waals surface area contributed by atoms with Crippen LogP contribution in [0.4, 0.5) is 0 Å². The molecular weight excluding hydrogens is 280 g/mol. The van der Waals surface area contributed by atoms with Crippen LogP contribution in [-0.2, 0) is 11.3 Å². The minimum absolute atomic E-state index is 0.0340. The van der Waals surface area contributed by atoms with E-state index < -0.39 is 0 Å². The molecule has 0 unspecified atom stereocenters. The summed E-state index contributed by atoms with van der Waals surface area (Å²) in [6.07, 6.45) is 3.79. The van der Waals surface area contributed by atoms with Crippen LogP contribution in [0.15, 0.2) is 42.7 Å². The largest absolute Gasteiger partial charge is 0.492 e. The molecule has 0 saturated heterocycles. The summed E-state index contributed by atoms with van der Waals surface area (Å²) in [4.78, 5) is 11.6. The quantitative estimate of drug-likeness (QED) is 0.678. The third-order valence-electron chi connectivity index (χ3n) is 3.00. The van der Waals surface area contributed by atoms with Gasteiger partial charge in [0.05, 0.1) is 25.8 Å². The van der Waals surface area contributed by atoms with Crippen LogP contribution in [0.3, 0.4) is 0 Å². The molecule has 0 bridgehead atoms. The summed E-state index contributed by atoms with van der Waals surface area (Å²) in [5.41, 5.74) is 1.14. The summed E-state index contributed by atoms with van der Waals surface area (Å²) in [7, 11) is 0. The van der Waals surface area contributed by atoms with Gasteiger partial charge < -0.3 is 15.4 Å². The molecule has 2 rings (SSSR count). The van der Waals surface area contributed by atoms with Crippen LogP contribution < -0.4 is 15.4 Å². The van der Waals surface area contributed by atoms with Crippen molar-refractivity contribution in [1.82, 2.24) is 20.4 Å². The number of para-hydroxylation sites is 1. The van der Waals surface area contributed by atoms with Gasteiger partial charge in [-0.3, -0.25) is 9.48 Å². The van der Waals surface area contributed by atoms with E-state index in [2.05, 4.69) is 15.7 Å². The molecule has 2 N–H and O–H groups in total. The molecule has 1 heterocycles. The highest BCUT2D eigenvalue weighted by Gasteiger charge is 2.00. The topological polar surface area (TPSA) is 68.2 Å². The number of carbonyl (C=O) groups excluding carboxylic acids is 1. The van der Waals surface area contributed by atoms with E-state index in [-0.39, 0.29) is 5.91 Å². The molecule has 2 aromatic rings. The number of benzene rings is 1. The molecule has 118 valence electrons. The van der Waals surface area contributed by atoms with Gasteiger partial charge in [0.25, 0.3) is 0 Å². The average molecular weight is 302 g/mol. The molecule has 0 radical (unpaired) electrons. The second-order valence-electron chi connectivity index (χ2n) is 4.97. The number of hydrogen-bond acceptors (Lipinski definition) is 4.